The minimum absolute atomic E-state index is 0.258. The summed E-state index contributed by atoms with van der Waals surface area (Å²) < 4.78 is 0. The van der Waals surface area contributed by atoms with Gasteiger partial charge in [-0.1, -0.05) is 41.9 Å². The topological polar surface area (TPSA) is 84.2 Å². The van der Waals surface area contributed by atoms with Gasteiger partial charge in [0.15, 0.2) is 0 Å². The summed E-state index contributed by atoms with van der Waals surface area (Å²) in [5.41, 5.74) is 6.83. The molecule has 0 saturated carbocycles. The van der Waals surface area contributed by atoms with Gasteiger partial charge in [0.25, 0.3) is 5.91 Å². The van der Waals surface area contributed by atoms with Gasteiger partial charge in [-0.15, -0.1) is 0 Å². The fourth-order valence-corrected chi connectivity index (χ4v) is 2.35. The van der Waals surface area contributed by atoms with Crippen LogP contribution < -0.4 is 16.4 Å². The van der Waals surface area contributed by atoms with E-state index in [2.05, 4.69) is 10.6 Å². The summed E-state index contributed by atoms with van der Waals surface area (Å²) in [6.45, 7) is 0.704. The molecule has 1 atom stereocenters. The zero-order valence-corrected chi connectivity index (χ0v) is 13.9. The summed E-state index contributed by atoms with van der Waals surface area (Å²) in [4.78, 5) is 24.7. The van der Waals surface area contributed by atoms with Crippen molar-refractivity contribution in [2.24, 2.45) is 5.73 Å². The number of carbonyl (C=O) groups excluding carboxylic acids is 2. The molecule has 0 heterocycles. The first-order valence-electron chi connectivity index (χ1n) is 7.68. The van der Waals surface area contributed by atoms with Crippen LogP contribution in [0.5, 0.6) is 0 Å². The molecule has 0 radical (unpaired) electrons. The lowest BCUT2D eigenvalue weighted by atomic mass is 10.0. The van der Waals surface area contributed by atoms with Gasteiger partial charge in [0.05, 0.1) is 0 Å². The predicted octanol–water partition coefficient (Wildman–Crippen LogP) is 1.76. The third kappa shape index (κ3) is 5.37. The smallest absolute Gasteiger partial charge is 0.251 e. The van der Waals surface area contributed by atoms with E-state index in [1.807, 2.05) is 30.3 Å². The van der Waals surface area contributed by atoms with Crippen LogP contribution in [0.15, 0.2) is 54.6 Å². The van der Waals surface area contributed by atoms with E-state index in [1.165, 1.54) is 0 Å². The average Bonchev–Trinajstić information content (AvgIpc) is 2.60. The summed E-state index contributed by atoms with van der Waals surface area (Å²) in [6.07, 6.45) is 0.399. The molecule has 0 aliphatic heterocycles. The molecule has 2 aromatic carbocycles. The number of benzene rings is 2. The highest BCUT2D eigenvalue weighted by atomic mass is 35.5. The van der Waals surface area contributed by atoms with Crippen molar-refractivity contribution >= 4 is 23.4 Å². The Morgan fingerprint density at radius 2 is 1.71 bits per heavy atom. The Morgan fingerprint density at radius 1 is 1.04 bits per heavy atom. The zero-order valence-electron chi connectivity index (χ0n) is 13.2. The Bertz CT molecular complexity index is 674. The second-order valence-electron chi connectivity index (χ2n) is 5.30. The molecular formula is C18H20ClN3O2. The molecule has 126 valence electrons. The molecule has 0 saturated heterocycles. The SMILES string of the molecule is NCCNC(=O)[C@H](Cc1ccccc1)NC(=O)c1ccc(Cl)cc1. The van der Waals surface area contributed by atoms with Crippen molar-refractivity contribution in [3.63, 3.8) is 0 Å². The quantitative estimate of drug-likeness (QED) is 0.715. The van der Waals surface area contributed by atoms with Gasteiger partial charge in [0.2, 0.25) is 5.91 Å². The van der Waals surface area contributed by atoms with E-state index < -0.39 is 6.04 Å². The number of rotatable bonds is 7. The maximum Gasteiger partial charge on any atom is 0.251 e. The third-order valence-electron chi connectivity index (χ3n) is 3.45. The largest absolute Gasteiger partial charge is 0.353 e. The lowest BCUT2D eigenvalue weighted by molar-refractivity contribution is -0.122. The molecule has 2 rings (SSSR count). The van der Waals surface area contributed by atoms with Crippen molar-refractivity contribution < 1.29 is 9.59 Å². The van der Waals surface area contributed by atoms with E-state index in [0.717, 1.165) is 5.56 Å². The van der Waals surface area contributed by atoms with Crippen molar-refractivity contribution in [2.75, 3.05) is 13.1 Å². The van der Waals surface area contributed by atoms with E-state index >= 15 is 0 Å². The molecule has 2 aromatic rings. The molecule has 0 spiro atoms. The first-order valence-corrected chi connectivity index (χ1v) is 8.06. The molecule has 24 heavy (non-hydrogen) atoms. The van der Waals surface area contributed by atoms with Crippen molar-refractivity contribution in [3.8, 4) is 0 Å². The molecule has 0 aliphatic rings. The van der Waals surface area contributed by atoms with Crippen molar-refractivity contribution in [1.82, 2.24) is 10.6 Å². The minimum atomic E-state index is -0.679. The molecule has 0 aromatic heterocycles. The van der Waals surface area contributed by atoms with Gasteiger partial charge >= 0.3 is 0 Å². The summed E-state index contributed by atoms with van der Waals surface area (Å²) in [5, 5.41) is 6.04. The first kappa shape index (κ1) is 18.0. The Morgan fingerprint density at radius 3 is 2.33 bits per heavy atom. The van der Waals surface area contributed by atoms with Crippen LogP contribution in [0.3, 0.4) is 0 Å². The highest BCUT2D eigenvalue weighted by molar-refractivity contribution is 6.30. The monoisotopic (exact) mass is 345 g/mol. The van der Waals surface area contributed by atoms with E-state index in [9.17, 15) is 9.59 Å². The summed E-state index contributed by atoms with van der Waals surface area (Å²) in [6, 6.07) is 15.4. The number of hydrogen-bond donors (Lipinski definition) is 3. The number of nitrogens with one attached hydrogen (secondary N) is 2. The normalized spacial score (nSPS) is 11.6. The number of amides is 2. The lowest BCUT2D eigenvalue weighted by Gasteiger charge is -2.18. The lowest BCUT2D eigenvalue weighted by Crippen LogP contribution is -2.48. The zero-order chi connectivity index (χ0) is 17.4. The maximum absolute atomic E-state index is 12.4. The van der Waals surface area contributed by atoms with Crippen LogP contribution >= 0.6 is 11.6 Å². The molecular weight excluding hydrogens is 326 g/mol. The van der Waals surface area contributed by atoms with Gasteiger partial charge in [-0.3, -0.25) is 9.59 Å². The number of nitrogens with two attached hydrogens (primary N) is 1. The van der Waals surface area contributed by atoms with Gasteiger partial charge in [0.1, 0.15) is 6.04 Å². The second-order valence-corrected chi connectivity index (χ2v) is 5.74. The molecule has 5 nitrogen and oxygen atoms in total. The fourth-order valence-electron chi connectivity index (χ4n) is 2.22. The summed E-state index contributed by atoms with van der Waals surface area (Å²) in [5.74, 6) is -0.581. The summed E-state index contributed by atoms with van der Waals surface area (Å²) >= 11 is 5.83. The van der Waals surface area contributed by atoms with Gasteiger partial charge < -0.3 is 16.4 Å². The minimum Gasteiger partial charge on any atom is -0.353 e. The van der Waals surface area contributed by atoms with E-state index in [1.54, 1.807) is 24.3 Å². The molecule has 0 fully saturated rings. The molecule has 4 N–H and O–H groups in total. The Kier molecular flexibility index (Phi) is 6.78. The van der Waals surface area contributed by atoms with E-state index in [4.69, 9.17) is 17.3 Å². The standard InChI is InChI=1S/C18H20ClN3O2/c19-15-8-6-14(7-9-15)17(23)22-16(18(24)21-11-10-20)12-13-4-2-1-3-5-13/h1-9,16H,10-12,20H2,(H,21,24)(H,22,23)/t16-/m0/s1. The third-order valence-corrected chi connectivity index (χ3v) is 3.71. The van der Waals surface area contributed by atoms with Crippen LogP contribution in [-0.2, 0) is 11.2 Å². The second kappa shape index (κ2) is 9.05. The van der Waals surface area contributed by atoms with Crippen LogP contribution in [0.4, 0.5) is 0 Å². The summed E-state index contributed by atoms with van der Waals surface area (Å²) in [7, 11) is 0. The number of hydrogen-bond acceptors (Lipinski definition) is 3. The fraction of sp³-hybridized carbons (Fsp3) is 0.222. The molecule has 2 amide bonds. The van der Waals surface area contributed by atoms with Crippen molar-refractivity contribution in [2.45, 2.75) is 12.5 Å². The molecule has 0 unspecified atom stereocenters. The van der Waals surface area contributed by atoms with Gasteiger partial charge in [-0.25, -0.2) is 0 Å². The van der Waals surface area contributed by atoms with Crippen LogP contribution in [0.1, 0.15) is 15.9 Å². The van der Waals surface area contributed by atoms with Crippen LogP contribution in [0.2, 0.25) is 5.02 Å². The predicted molar refractivity (Wildman–Crippen MR) is 94.9 cm³/mol. The first-order chi connectivity index (χ1) is 11.6. The maximum atomic E-state index is 12.4. The molecule has 0 bridgehead atoms. The van der Waals surface area contributed by atoms with E-state index in [-0.39, 0.29) is 11.8 Å². The Hall–Kier alpha value is -2.37. The van der Waals surface area contributed by atoms with Crippen molar-refractivity contribution in [3.05, 3.63) is 70.7 Å². The van der Waals surface area contributed by atoms with Crippen LogP contribution in [0, 0.1) is 0 Å². The Labute approximate surface area is 146 Å². The molecule has 6 heteroatoms. The number of halogens is 1. The van der Waals surface area contributed by atoms with Crippen LogP contribution in [0.25, 0.3) is 0 Å². The van der Waals surface area contributed by atoms with Crippen LogP contribution in [-0.4, -0.2) is 30.9 Å². The molecule has 0 aliphatic carbocycles. The van der Waals surface area contributed by atoms with Gasteiger partial charge in [-0.05, 0) is 29.8 Å². The van der Waals surface area contributed by atoms with Gasteiger partial charge in [0, 0.05) is 30.1 Å². The Balaban J connectivity index is 2.10. The number of carbonyl (C=O) groups is 2. The highest BCUT2D eigenvalue weighted by Gasteiger charge is 2.21. The average molecular weight is 346 g/mol. The highest BCUT2D eigenvalue weighted by Crippen LogP contribution is 2.10. The van der Waals surface area contributed by atoms with E-state index in [0.29, 0.717) is 30.1 Å². The van der Waals surface area contributed by atoms with Gasteiger partial charge in [-0.2, -0.15) is 0 Å². The van der Waals surface area contributed by atoms with Crippen molar-refractivity contribution in [1.29, 1.82) is 0 Å².